The van der Waals surface area contributed by atoms with Crippen LogP contribution in [0.3, 0.4) is 0 Å². The summed E-state index contributed by atoms with van der Waals surface area (Å²) in [5.74, 6) is -0.762. The topological polar surface area (TPSA) is 49.4 Å². The lowest BCUT2D eigenvalue weighted by atomic mass is 10.1. The van der Waals surface area contributed by atoms with Crippen LogP contribution in [0.5, 0.6) is 0 Å². The van der Waals surface area contributed by atoms with Gasteiger partial charge in [-0.1, -0.05) is 35.9 Å². The number of halogens is 1. The molecule has 0 spiro atoms. The molecule has 0 saturated heterocycles. The van der Waals surface area contributed by atoms with Crippen LogP contribution in [0.4, 0.5) is 10.1 Å². The van der Waals surface area contributed by atoms with Crippen molar-refractivity contribution in [3.05, 3.63) is 65.5 Å². The van der Waals surface area contributed by atoms with Crippen molar-refractivity contribution < 1.29 is 14.0 Å². The molecule has 24 heavy (non-hydrogen) atoms. The summed E-state index contributed by atoms with van der Waals surface area (Å²) >= 11 is 0. The molecule has 0 unspecified atom stereocenters. The lowest BCUT2D eigenvalue weighted by Gasteiger charge is -2.21. The Morgan fingerprint density at radius 1 is 1.08 bits per heavy atom. The number of aryl methyl sites for hydroxylation is 1. The summed E-state index contributed by atoms with van der Waals surface area (Å²) in [5, 5.41) is 2.73. The Bertz CT molecular complexity index is 714. The Labute approximate surface area is 141 Å². The lowest BCUT2D eigenvalue weighted by Crippen LogP contribution is -2.40. The molecule has 2 rings (SSSR count). The number of nitrogens with one attached hydrogen (secondary N) is 1. The maximum Gasteiger partial charge on any atom is 0.240 e. The standard InChI is InChI=1S/C19H21FN2O2/c1-14-7-9-17(10-8-14)22(15(2)23)13-19(24)21-12-11-16-5-3-4-6-18(16)20/h3-10H,11-13H2,1-2H3,(H,21,24). The van der Waals surface area contributed by atoms with Crippen LogP contribution < -0.4 is 10.2 Å². The number of nitrogens with zero attached hydrogens (tertiary/aromatic N) is 1. The van der Waals surface area contributed by atoms with Crippen LogP contribution in [-0.4, -0.2) is 24.9 Å². The molecule has 2 aromatic carbocycles. The van der Waals surface area contributed by atoms with Gasteiger partial charge in [-0.3, -0.25) is 9.59 Å². The Hall–Kier alpha value is -2.69. The fourth-order valence-corrected chi connectivity index (χ4v) is 2.35. The third-order valence-electron chi connectivity index (χ3n) is 3.70. The van der Waals surface area contributed by atoms with Gasteiger partial charge in [-0.05, 0) is 37.1 Å². The molecule has 0 atom stereocenters. The maximum absolute atomic E-state index is 13.5. The fraction of sp³-hybridized carbons (Fsp3) is 0.263. The Morgan fingerprint density at radius 3 is 2.38 bits per heavy atom. The van der Waals surface area contributed by atoms with Crippen LogP contribution >= 0.6 is 0 Å². The molecule has 0 aromatic heterocycles. The summed E-state index contributed by atoms with van der Waals surface area (Å²) in [7, 11) is 0. The van der Waals surface area contributed by atoms with Crippen molar-refractivity contribution in [2.24, 2.45) is 0 Å². The second-order valence-corrected chi connectivity index (χ2v) is 5.63. The lowest BCUT2D eigenvalue weighted by molar-refractivity contribution is -0.123. The quantitative estimate of drug-likeness (QED) is 0.886. The van der Waals surface area contributed by atoms with Crippen molar-refractivity contribution in [3.63, 3.8) is 0 Å². The van der Waals surface area contributed by atoms with E-state index >= 15 is 0 Å². The molecular weight excluding hydrogens is 307 g/mol. The zero-order valence-electron chi connectivity index (χ0n) is 13.9. The monoisotopic (exact) mass is 328 g/mol. The van der Waals surface area contributed by atoms with Crippen LogP contribution in [-0.2, 0) is 16.0 Å². The number of amides is 2. The second kappa shape index (κ2) is 8.24. The normalized spacial score (nSPS) is 10.3. The number of rotatable bonds is 6. The fourth-order valence-electron chi connectivity index (χ4n) is 2.35. The zero-order chi connectivity index (χ0) is 17.5. The number of carbonyl (C=O) groups excluding carboxylic acids is 2. The molecule has 2 aromatic rings. The van der Waals surface area contributed by atoms with Crippen LogP contribution in [0.25, 0.3) is 0 Å². The van der Waals surface area contributed by atoms with Gasteiger partial charge in [0.25, 0.3) is 0 Å². The molecule has 0 radical (unpaired) electrons. The first-order chi connectivity index (χ1) is 11.5. The molecule has 126 valence electrons. The molecule has 0 fully saturated rings. The summed E-state index contributed by atoms with van der Waals surface area (Å²) in [5.41, 5.74) is 2.31. The van der Waals surface area contributed by atoms with Crippen molar-refractivity contribution in [1.29, 1.82) is 0 Å². The molecule has 0 aliphatic heterocycles. The van der Waals surface area contributed by atoms with Gasteiger partial charge >= 0.3 is 0 Å². The van der Waals surface area contributed by atoms with Crippen LogP contribution in [0, 0.1) is 12.7 Å². The average molecular weight is 328 g/mol. The Balaban J connectivity index is 1.90. The average Bonchev–Trinajstić information content (AvgIpc) is 2.55. The predicted octanol–water partition coefficient (Wildman–Crippen LogP) is 2.85. The van der Waals surface area contributed by atoms with E-state index in [9.17, 15) is 14.0 Å². The molecule has 0 aliphatic carbocycles. The summed E-state index contributed by atoms with van der Waals surface area (Å²) < 4.78 is 13.5. The summed E-state index contributed by atoms with van der Waals surface area (Å²) in [6.07, 6.45) is 0.406. The Morgan fingerprint density at radius 2 is 1.75 bits per heavy atom. The highest BCUT2D eigenvalue weighted by molar-refractivity contribution is 5.97. The molecule has 1 N–H and O–H groups in total. The van der Waals surface area contributed by atoms with E-state index in [1.54, 1.807) is 18.2 Å². The second-order valence-electron chi connectivity index (χ2n) is 5.63. The van der Waals surface area contributed by atoms with Crippen molar-refractivity contribution in [3.8, 4) is 0 Å². The van der Waals surface area contributed by atoms with Crippen molar-refractivity contribution in [2.75, 3.05) is 18.0 Å². The van der Waals surface area contributed by atoms with Gasteiger partial charge in [0.15, 0.2) is 0 Å². The van der Waals surface area contributed by atoms with Crippen molar-refractivity contribution >= 4 is 17.5 Å². The minimum Gasteiger partial charge on any atom is -0.354 e. The molecule has 0 aliphatic rings. The summed E-state index contributed by atoms with van der Waals surface area (Å²) in [6, 6.07) is 13.9. The minimum atomic E-state index is -0.281. The highest BCUT2D eigenvalue weighted by Crippen LogP contribution is 2.15. The van der Waals surface area contributed by atoms with Crippen molar-refractivity contribution in [1.82, 2.24) is 5.32 Å². The highest BCUT2D eigenvalue weighted by Gasteiger charge is 2.15. The molecular formula is C19H21FN2O2. The van der Waals surface area contributed by atoms with E-state index in [1.165, 1.54) is 17.9 Å². The van der Waals surface area contributed by atoms with Gasteiger partial charge in [0, 0.05) is 19.2 Å². The summed E-state index contributed by atoms with van der Waals surface area (Å²) in [4.78, 5) is 25.3. The molecule has 0 heterocycles. The highest BCUT2D eigenvalue weighted by atomic mass is 19.1. The van der Waals surface area contributed by atoms with Crippen LogP contribution in [0.2, 0.25) is 0 Å². The molecule has 4 nitrogen and oxygen atoms in total. The first-order valence-electron chi connectivity index (χ1n) is 7.82. The van der Waals surface area contributed by atoms with E-state index < -0.39 is 0 Å². The van der Waals surface area contributed by atoms with Gasteiger partial charge < -0.3 is 10.2 Å². The van der Waals surface area contributed by atoms with E-state index in [0.29, 0.717) is 24.2 Å². The first-order valence-corrected chi connectivity index (χ1v) is 7.82. The van der Waals surface area contributed by atoms with E-state index in [1.807, 2.05) is 31.2 Å². The van der Waals surface area contributed by atoms with E-state index in [0.717, 1.165) is 5.56 Å². The van der Waals surface area contributed by atoms with E-state index in [-0.39, 0.29) is 24.2 Å². The van der Waals surface area contributed by atoms with Crippen molar-refractivity contribution in [2.45, 2.75) is 20.3 Å². The van der Waals surface area contributed by atoms with Gasteiger partial charge in [0.2, 0.25) is 11.8 Å². The maximum atomic E-state index is 13.5. The number of hydrogen-bond donors (Lipinski definition) is 1. The molecule has 5 heteroatoms. The minimum absolute atomic E-state index is 0.0599. The predicted molar refractivity (Wildman–Crippen MR) is 92.3 cm³/mol. The number of benzene rings is 2. The van der Waals surface area contributed by atoms with Gasteiger partial charge in [-0.2, -0.15) is 0 Å². The Kier molecular flexibility index (Phi) is 6.07. The molecule has 0 bridgehead atoms. The van der Waals surface area contributed by atoms with E-state index in [2.05, 4.69) is 5.32 Å². The molecule has 0 saturated carbocycles. The van der Waals surface area contributed by atoms with E-state index in [4.69, 9.17) is 0 Å². The number of hydrogen-bond acceptors (Lipinski definition) is 2. The number of anilines is 1. The van der Waals surface area contributed by atoms with Gasteiger partial charge in [0.05, 0.1) is 0 Å². The smallest absolute Gasteiger partial charge is 0.240 e. The SMILES string of the molecule is CC(=O)N(CC(=O)NCCc1ccccc1F)c1ccc(C)cc1. The van der Waals surface area contributed by atoms with Gasteiger partial charge in [-0.25, -0.2) is 4.39 Å². The van der Waals surface area contributed by atoms with Gasteiger partial charge in [0.1, 0.15) is 12.4 Å². The van der Waals surface area contributed by atoms with Crippen LogP contribution in [0.15, 0.2) is 48.5 Å². The largest absolute Gasteiger partial charge is 0.354 e. The van der Waals surface area contributed by atoms with Gasteiger partial charge in [-0.15, -0.1) is 0 Å². The van der Waals surface area contributed by atoms with Crippen LogP contribution in [0.1, 0.15) is 18.1 Å². The first kappa shape index (κ1) is 17.7. The molecule has 2 amide bonds. The summed E-state index contributed by atoms with van der Waals surface area (Å²) in [6.45, 7) is 3.64. The third kappa shape index (κ3) is 4.91. The third-order valence-corrected chi connectivity index (χ3v) is 3.70. The number of carbonyl (C=O) groups is 2. The zero-order valence-corrected chi connectivity index (χ0v) is 13.9.